The minimum atomic E-state index is -4.47. The highest BCUT2D eigenvalue weighted by Gasteiger charge is 2.33. The van der Waals surface area contributed by atoms with Crippen molar-refractivity contribution in [1.29, 1.82) is 0 Å². The van der Waals surface area contributed by atoms with Gasteiger partial charge in [0.2, 0.25) is 5.91 Å². The Hall–Kier alpha value is -1.43. The van der Waals surface area contributed by atoms with Gasteiger partial charge in [0.15, 0.2) is 0 Å². The summed E-state index contributed by atoms with van der Waals surface area (Å²) in [5.74, 6) is 0.213. The first kappa shape index (κ1) is 14.6. The number of alkyl halides is 3. The quantitative estimate of drug-likeness (QED) is 0.657. The van der Waals surface area contributed by atoms with Crippen molar-refractivity contribution in [3.05, 3.63) is 42.5 Å². The van der Waals surface area contributed by atoms with E-state index in [4.69, 9.17) is 0 Å². The summed E-state index contributed by atoms with van der Waals surface area (Å²) in [6, 6.07) is 4.90. The number of hydrogen-bond acceptors (Lipinski definition) is 2. The van der Waals surface area contributed by atoms with E-state index >= 15 is 0 Å². The van der Waals surface area contributed by atoms with E-state index in [9.17, 15) is 18.0 Å². The highest BCUT2D eigenvalue weighted by molar-refractivity contribution is 8.00. The van der Waals surface area contributed by atoms with Crippen LogP contribution in [0.25, 0.3) is 0 Å². The zero-order valence-electron chi connectivity index (χ0n) is 9.46. The molecule has 0 unspecified atom stereocenters. The zero-order valence-corrected chi connectivity index (χ0v) is 10.3. The van der Waals surface area contributed by atoms with E-state index in [2.05, 4.69) is 11.9 Å². The van der Waals surface area contributed by atoms with Gasteiger partial charge in [-0.15, -0.1) is 18.3 Å². The summed E-state index contributed by atoms with van der Waals surface area (Å²) >= 11 is 1.28. The van der Waals surface area contributed by atoms with Crippen LogP contribution in [-0.2, 0) is 11.0 Å². The lowest BCUT2D eigenvalue weighted by Crippen LogP contribution is -2.18. The van der Waals surface area contributed by atoms with Crippen molar-refractivity contribution in [1.82, 2.24) is 0 Å². The largest absolute Gasteiger partial charge is 0.418 e. The molecule has 1 N–H and O–H groups in total. The summed E-state index contributed by atoms with van der Waals surface area (Å²) < 4.78 is 37.9. The summed E-state index contributed by atoms with van der Waals surface area (Å²) in [6.07, 6.45) is -2.85. The Kier molecular flexibility index (Phi) is 5.27. The molecule has 0 atom stereocenters. The van der Waals surface area contributed by atoms with Crippen molar-refractivity contribution >= 4 is 23.4 Å². The van der Waals surface area contributed by atoms with Crippen molar-refractivity contribution in [2.45, 2.75) is 6.18 Å². The van der Waals surface area contributed by atoms with Gasteiger partial charge in [-0.1, -0.05) is 18.2 Å². The molecular formula is C12H12F3NOS. The molecule has 98 valence electrons. The standard InChI is InChI=1S/C12H12F3NOS/c1-2-7-18-8-11(17)16-10-6-4-3-5-9(10)12(13,14)15/h2-6H,1,7-8H2,(H,16,17). The number of thioether (sulfide) groups is 1. The van der Waals surface area contributed by atoms with Gasteiger partial charge in [-0.25, -0.2) is 0 Å². The third-order valence-corrected chi connectivity index (χ3v) is 2.91. The van der Waals surface area contributed by atoms with Crippen molar-refractivity contribution in [2.24, 2.45) is 0 Å². The molecule has 1 aromatic carbocycles. The number of rotatable bonds is 5. The van der Waals surface area contributed by atoms with E-state index in [-0.39, 0.29) is 11.4 Å². The number of anilines is 1. The first-order valence-electron chi connectivity index (χ1n) is 5.10. The number of para-hydroxylation sites is 1. The summed E-state index contributed by atoms with van der Waals surface area (Å²) in [5, 5.41) is 2.26. The Morgan fingerprint density at radius 2 is 2.06 bits per heavy atom. The first-order valence-corrected chi connectivity index (χ1v) is 6.25. The molecule has 18 heavy (non-hydrogen) atoms. The van der Waals surface area contributed by atoms with Crippen LogP contribution < -0.4 is 5.32 Å². The Morgan fingerprint density at radius 3 is 2.67 bits per heavy atom. The van der Waals surface area contributed by atoms with Crippen molar-refractivity contribution in [2.75, 3.05) is 16.8 Å². The highest BCUT2D eigenvalue weighted by atomic mass is 32.2. The molecule has 1 amide bonds. The smallest absolute Gasteiger partial charge is 0.325 e. The number of amides is 1. The van der Waals surface area contributed by atoms with Crippen LogP contribution in [0.1, 0.15) is 5.56 Å². The van der Waals surface area contributed by atoms with Crippen LogP contribution in [0.4, 0.5) is 18.9 Å². The molecule has 1 aromatic rings. The number of nitrogens with one attached hydrogen (secondary N) is 1. The molecule has 6 heteroatoms. The van der Waals surface area contributed by atoms with Crippen molar-refractivity contribution < 1.29 is 18.0 Å². The van der Waals surface area contributed by atoms with Gasteiger partial charge in [-0.3, -0.25) is 4.79 Å². The van der Waals surface area contributed by atoms with Crippen LogP contribution in [0, 0.1) is 0 Å². The van der Waals surface area contributed by atoms with Gasteiger partial charge >= 0.3 is 6.18 Å². The van der Waals surface area contributed by atoms with E-state index in [0.29, 0.717) is 5.75 Å². The summed E-state index contributed by atoms with van der Waals surface area (Å²) in [6.45, 7) is 3.49. The van der Waals surface area contributed by atoms with Crippen molar-refractivity contribution in [3.63, 3.8) is 0 Å². The molecule has 0 aliphatic rings. The summed E-state index contributed by atoms with van der Waals surface area (Å²) in [7, 11) is 0. The molecule has 0 aliphatic carbocycles. The van der Waals surface area contributed by atoms with Gasteiger partial charge in [0.1, 0.15) is 0 Å². The van der Waals surface area contributed by atoms with Gasteiger partial charge in [0.05, 0.1) is 17.0 Å². The molecule has 2 nitrogen and oxygen atoms in total. The van der Waals surface area contributed by atoms with Gasteiger partial charge in [0.25, 0.3) is 0 Å². The van der Waals surface area contributed by atoms with Gasteiger partial charge < -0.3 is 5.32 Å². The Bertz CT molecular complexity index is 432. The van der Waals surface area contributed by atoms with E-state index in [1.54, 1.807) is 6.08 Å². The number of benzene rings is 1. The Labute approximate surface area is 107 Å². The molecule has 0 saturated carbocycles. The number of halogens is 3. The molecule has 0 saturated heterocycles. The minimum Gasteiger partial charge on any atom is -0.325 e. The molecule has 0 radical (unpaired) electrons. The second-order valence-electron chi connectivity index (χ2n) is 3.40. The zero-order chi connectivity index (χ0) is 13.6. The fourth-order valence-electron chi connectivity index (χ4n) is 1.26. The van der Waals surface area contributed by atoms with Crippen LogP contribution in [0.5, 0.6) is 0 Å². The fourth-order valence-corrected chi connectivity index (χ4v) is 1.80. The van der Waals surface area contributed by atoms with Crippen LogP contribution in [-0.4, -0.2) is 17.4 Å². The molecule has 0 bridgehead atoms. The Morgan fingerprint density at radius 1 is 1.39 bits per heavy atom. The molecule has 0 spiro atoms. The number of carbonyl (C=O) groups is 1. The van der Waals surface area contributed by atoms with Crippen molar-refractivity contribution in [3.8, 4) is 0 Å². The van der Waals surface area contributed by atoms with E-state index < -0.39 is 17.6 Å². The van der Waals surface area contributed by atoms with E-state index in [1.165, 1.54) is 30.0 Å². The molecule has 0 fully saturated rings. The van der Waals surface area contributed by atoms with Crippen LogP contribution in [0.2, 0.25) is 0 Å². The SMILES string of the molecule is C=CCSCC(=O)Nc1ccccc1C(F)(F)F. The lowest BCUT2D eigenvalue weighted by atomic mass is 10.1. The summed E-state index contributed by atoms with van der Waals surface area (Å²) in [4.78, 5) is 11.4. The maximum atomic E-state index is 12.6. The average Bonchev–Trinajstić information content (AvgIpc) is 2.28. The lowest BCUT2D eigenvalue weighted by Gasteiger charge is -2.13. The molecule has 0 aromatic heterocycles. The normalized spacial score (nSPS) is 11.1. The average molecular weight is 275 g/mol. The third-order valence-electron chi connectivity index (χ3n) is 1.98. The topological polar surface area (TPSA) is 29.1 Å². The fraction of sp³-hybridized carbons (Fsp3) is 0.250. The third kappa shape index (κ3) is 4.44. The van der Waals surface area contributed by atoms with Crippen LogP contribution >= 0.6 is 11.8 Å². The molecule has 1 rings (SSSR count). The van der Waals surface area contributed by atoms with E-state index in [0.717, 1.165) is 6.07 Å². The van der Waals surface area contributed by atoms with Crippen LogP contribution in [0.15, 0.2) is 36.9 Å². The number of carbonyl (C=O) groups excluding carboxylic acids is 1. The monoisotopic (exact) mass is 275 g/mol. The minimum absolute atomic E-state index is 0.0954. The molecular weight excluding hydrogens is 263 g/mol. The number of hydrogen-bond donors (Lipinski definition) is 1. The van der Waals surface area contributed by atoms with Gasteiger partial charge in [-0.05, 0) is 12.1 Å². The van der Waals surface area contributed by atoms with Gasteiger partial charge in [-0.2, -0.15) is 13.2 Å². The lowest BCUT2D eigenvalue weighted by molar-refractivity contribution is -0.137. The second kappa shape index (κ2) is 6.49. The van der Waals surface area contributed by atoms with Gasteiger partial charge in [0, 0.05) is 5.75 Å². The van der Waals surface area contributed by atoms with E-state index in [1.807, 2.05) is 0 Å². The molecule has 0 heterocycles. The first-order chi connectivity index (χ1) is 8.45. The maximum Gasteiger partial charge on any atom is 0.418 e. The summed E-state index contributed by atoms with van der Waals surface area (Å²) in [5.41, 5.74) is -1.05. The maximum absolute atomic E-state index is 12.6. The predicted octanol–water partition coefficient (Wildman–Crippen LogP) is 3.56. The predicted molar refractivity (Wildman–Crippen MR) is 67.6 cm³/mol. The Balaban J connectivity index is 2.72. The molecule has 0 aliphatic heterocycles. The highest BCUT2D eigenvalue weighted by Crippen LogP contribution is 2.34. The second-order valence-corrected chi connectivity index (χ2v) is 4.43. The van der Waals surface area contributed by atoms with Crippen LogP contribution in [0.3, 0.4) is 0 Å².